The van der Waals surface area contributed by atoms with Gasteiger partial charge in [0, 0.05) is 11.4 Å². The second kappa shape index (κ2) is 9.34. The zero-order chi connectivity index (χ0) is 17.5. The van der Waals surface area contributed by atoms with Crippen LogP contribution in [0, 0.1) is 0 Å². The molecule has 0 aromatic carbocycles. The first-order valence-corrected chi connectivity index (χ1v) is 9.76. The van der Waals surface area contributed by atoms with Crippen LogP contribution in [-0.4, -0.2) is 49.8 Å². The largest absolute Gasteiger partial charge is 0.462 e. The van der Waals surface area contributed by atoms with E-state index in [2.05, 4.69) is 29.6 Å². The third kappa shape index (κ3) is 5.16. The van der Waals surface area contributed by atoms with E-state index in [1.807, 2.05) is 6.92 Å². The van der Waals surface area contributed by atoms with Crippen LogP contribution in [0.15, 0.2) is 0 Å². The van der Waals surface area contributed by atoms with Gasteiger partial charge in [-0.2, -0.15) is 0 Å². The Balaban J connectivity index is 2.04. The zero-order valence-corrected chi connectivity index (χ0v) is 16.4. The van der Waals surface area contributed by atoms with Crippen LogP contribution >= 0.6 is 23.6 Å². The van der Waals surface area contributed by atoms with Gasteiger partial charge in [0.25, 0.3) is 0 Å². The van der Waals surface area contributed by atoms with E-state index in [4.69, 9.17) is 17.0 Å². The number of carbonyl (C=O) groups excluding carboxylic acids is 1. The van der Waals surface area contributed by atoms with E-state index in [9.17, 15) is 4.79 Å². The van der Waals surface area contributed by atoms with Crippen LogP contribution in [0.4, 0.5) is 5.00 Å². The molecule has 1 aliphatic rings. The Morgan fingerprint density at radius 3 is 2.79 bits per heavy atom. The van der Waals surface area contributed by atoms with Crippen molar-refractivity contribution in [3.63, 3.8) is 0 Å². The van der Waals surface area contributed by atoms with Crippen LogP contribution in [0.1, 0.15) is 47.0 Å². The van der Waals surface area contributed by atoms with Crippen molar-refractivity contribution in [2.24, 2.45) is 0 Å². The first-order valence-electron chi connectivity index (χ1n) is 8.54. The first kappa shape index (κ1) is 19.1. The number of carbonyl (C=O) groups is 1. The van der Waals surface area contributed by atoms with Crippen LogP contribution in [0.3, 0.4) is 0 Å². The highest BCUT2D eigenvalue weighted by atomic mass is 32.1. The van der Waals surface area contributed by atoms with Gasteiger partial charge in [0.05, 0.1) is 12.2 Å². The average Bonchev–Trinajstić information content (AvgIpc) is 2.89. The Kier molecular flexibility index (Phi) is 7.45. The molecule has 0 radical (unpaired) electrons. The summed E-state index contributed by atoms with van der Waals surface area (Å²) in [7, 11) is 4.11. The molecule has 2 rings (SSSR count). The number of hydrogen-bond acceptors (Lipinski definition) is 5. The molecule has 24 heavy (non-hydrogen) atoms. The molecule has 0 saturated heterocycles. The fourth-order valence-electron chi connectivity index (χ4n) is 2.82. The summed E-state index contributed by atoms with van der Waals surface area (Å²) >= 11 is 7.03. The van der Waals surface area contributed by atoms with Gasteiger partial charge in [-0.1, -0.05) is 0 Å². The monoisotopic (exact) mass is 369 g/mol. The lowest BCUT2D eigenvalue weighted by Crippen LogP contribution is -2.31. The SMILES string of the molecule is CCOC(=O)c1c(NC(=S)NCCCN(C)C)sc2c1CCCC2. The molecule has 0 atom stereocenters. The number of rotatable bonds is 7. The molecule has 0 amide bonds. The molecule has 0 aliphatic heterocycles. The lowest BCUT2D eigenvalue weighted by molar-refractivity contribution is 0.0526. The number of nitrogens with zero attached hydrogens (tertiary/aromatic N) is 1. The lowest BCUT2D eigenvalue weighted by Gasteiger charge is -2.13. The van der Waals surface area contributed by atoms with Crippen molar-refractivity contribution in [1.29, 1.82) is 0 Å². The van der Waals surface area contributed by atoms with Gasteiger partial charge >= 0.3 is 5.97 Å². The summed E-state index contributed by atoms with van der Waals surface area (Å²) < 4.78 is 5.26. The summed E-state index contributed by atoms with van der Waals surface area (Å²) in [6, 6.07) is 0. The highest BCUT2D eigenvalue weighted by Crippen LogP contribution is 2.38. The van der Waals surface area contributed by atoms with Gasteiger partial charge in [-0.05, 0) is 77.4 Å². The van der Waals surface area contributed by atoms with Crippen molar-refractivity contribution in [2.45, 2.75) is 39.0 Å². The van der Waals surface area contributed by atoms with Crippen molar-refractivity contribution >= 4 is 39.6 Å². The highest BCUT2D eigenvalue weighted by molar-refractivity contribution is 7.80. The molecule has 1 aromatic rings. The maximum absolute atomic E-state index is 12.4. The van der Waals surface area contributed by atoms with Crippen LogP contribution in [0.5, 0.6) is 0 Å². The Morgan fingerprint density at radius 2 is 2.08 bits per heavy atom. The molecule has 0 spiro atoms. The number of ether oxygens (including phenoxy) is 1. The molecule has 2 N–H and O–H groups in total. The van der Waals surface area contributed by atoms with E-state index < -0.39 is 0 Å². The van der Waals surface area contributed by atoms with Crippen molar-refractivity contribution in [2.75, 3.05) is 39.1 Å². The van der Waals surface area contributed by atoms with Crippen molar-refractivity contribution < 1.29 is 9.53 Å². The fraction of sp³-hybridized carbons (Fsp3) is 0.647. The second-order valence-electron chi connectivity index (χ2n) is 6.17. The number of thiocarbonyl (C=S) groups is 1. The number of nitrogens with one attached hydrogen (secondary N) is 2. The van der Waals surface area contributed by atoms with Crippen molar-refractivity contribution in [3.05, 3.63) is 16.0 Å². The molecular formula is C17H27N3O2S2. The Labute approximate surface area is 153 Å². The number of thiophene rings is 1. The number of esters is 1. The van der Waals surface area contributed by atoms with Crippen molar-refractivity contribution in [3.8, 4) is 0 Å². The summed E-state index contributed by atoms with van der Waals surface area (Å²) in [5.74, 6) is -0.241. The number of hydrogen-bond donors (Lipinski definition) is 2. The molecule has 1 aromatic heterocycles. The Hall–Kier alpha value is -1.18. The number of anilines is 1. The maximum atomic E-state index is 12.4. The second-order valence-corrected chi connectivity index (χ2v) is 7.69. The minimum absolute atomic E-state index is 0.241. The summed E-state index contributed by atoms with van der Waals surface area (Å²) in [5, 5.41) is 7.82. The van der Waals surface area contributed by atoms with Gasteiger partial charge in [-0.25, -0.2) is 4.79 Å². The summed E-state index contributed by atoms with van der Waals surface area (Å²) in [5.41, 5.74) is 1.84. The summed E-state index contributed by atoms with van der Waals surface area (Å²) in [6.07, 6.45) is 5.31. The van der Waals surface area contributed by atoms with Crippen LogP contribution in [0.25, 0.3) is 0 Å². The van der Waals surface area contributed by atoms with Crippen LogP contribution in [-0.2, 0) is 17.6 Å². The van der Waals surface area contributed by atoms with Crippen LogP contribution in [0.2, 0.25) is 0 Å². The number of fused-ring (bicyclic) bond motifs is 1. The minimum Gasteiger partial charge on any atom is -0.462 e. The van der Waals surface area contributed by atoms with Gasteiger partial charge in [-0.15, -0.1) is 11.3 Å². The summed E-state index contributed by atoms with van der Waals surface area (Å²) in [6.45, 7) is 4.04. The third-order valence-electron chi connectivity index (χ3n) is 3.95. The topological polar surface area (TPSA) is 53.6 Å². The first-order chi connectivity index (χ1) is 11.5. The molecule has 0 unspecified atom stereocenters. The van der Waals surface area contributed by atoms with E-state index in [1.54, 1.807) is 11.3 Å². The van der Waals surface area contributed by atoms with Crippen LogP contribution < -0.4 is 10.6 Å². The van der Waals surface area contributed by atoms with E-state index >= 15 is 0 Å². The molecule has 1 aliphatic carbocycles. The zero-order valence-electron chi connectivity index (χ0n) is 14.7. The third-order valence-corrected chi connectivity index (χ3v) is 5.40. The Morgan fingerprint density at radius 1 is 1.33 bits per heavy atom. The molecule has 0 bridgehead atoms. The number of aryl methyl sites for hydroxylation is 1. The molecular weight excluding hydrogens is 342 g/mol. The predicted molar refractivity (Wildman–Crippen MR) is 104 cm³/mol. The quantitative estimate of drug-likeness (QED) is 0.438. The van der Waals surface area contributed by atoms with Gasteiger partial charge in [0.2, 0.25) is 0 Å². The minimum atomic E-state index is -0.241. The Bertz CT molecular complexity index is 585. The predicted octanol–water partition coefficient (Wildman–Crippen LogP) is 3.04. The van der Waals surface area contributed by atoms with Gasteiger partial charge in [0.15, 0.2) is 5.11 Å². The van der Waals surface area contributed by atoms with Crippen molar-refractivity contribution in [1.82, 2.24) is 10.2 Å². The van der Waals surface area contributed by atoms with Gasteiger partial charge in [-0.3, -0.25) is 0 Å². The molecule has 1 heterocycles. The summed E-state index contributed by atoms with van der Waals surface area (Å²) in [4.78, 5) is 15.8. The molecule has 5 nitrogen and oxygen atoms in total. The molecule has 0 fully saturated rings. The maximum Gasteiger partial charge on any atom is 0.341 e. The standard InChI is InChI=1S/C17H27N3O2S2/c1-4-22-16(21)14-12-8-5-6-9-13(12)24-15(14)19-17(23)18-10-7-11-20(2)3/h4-11H2,1-3H3,(H2,18,19,23). The highest BCUT2D eigenvalue weighted by Gasteiger charge is 2.26. The van der Waals surface area contributed by atoms with Gasteiger partial charge < -0.3 is 20.3 Å². The van der Waals surface area contributed by atoms with E-state index in [-0.39, 0.29) is 5.97 Å². The van der Waals surface area contributed by atoms with E-state index in [0.717, 1.165) is 49.3 Å². The normalized spacial score (nSPS) is 13.5. The average molecular weight is 370 g/mol. The smallest absolute Gasteiger partial charge is 0.341 e. The fourth-order valence-corrected chi connectivity index (χ4v) is 4.37. The van der Waals surface area contributed by atoms with Gasteiger partial charge in [0.1, 0.15) is 5.00 Å². The van der Waals surface area contributed by atoms with E-state index in [0.29, 0.717) is 17.3 Å². The molecule has 0 saturated carbocycles. The molecule has 7 heteroatoms. The van der Waals surface area contributed by atoms with E-state index in [1.165, 1.54) is 11.3 Å². The molecule has 134 valence electrons. The lowest BCUT2D eigenvalue weighted by atomic mass is 9.95.